The molecule has 0 aliphatic carbocycles. The molecule has 0 saturated carbocycles. The summed E-state index contributed by atoms with van der Waals surface area (Å²) in [5.41, 5.74) is 4.87. The van der Waals surface area contributed by atoms with Crippen molar-refractivity contribution in [2.75, 3.05) is 0 Å². The Bertz CT molecular complexity index is 1170. The van der Waals surface area contributed by atoms with Gasteiger partial charge in [-0.15, -0.1) is 0 Å². The number of hydrogen-bond acceptors (Lipinski definition) is 3. The summed E-state index contributed by atoms with van der Waals surface area (Å²) >= 11 is 0. The smallest absolute Gasteiger partial charge is 0.193 e. The third kappa shape index (κ3) is 2.65. The molecule has 0 bridgehead atoms. The standard InChI is InChI=1S/C21H19NO3/c1-11-6-16(13(3)23)21-17(7-11)19(24)10-20(25-21)14-4-5-18-15(9-14)8-12(2)22-18/h4-10,13,22-23H,1-3H3. The molecule has 2 heterocycles. The van der Waals surface area contributed by atoms with Crippen LogP contribution in [0.1, 0.15) is 29.8 Å². The summed E-state index contributed by atoms with van der Waals surface area (Å²) in [6.07, 6.45) is -0.712. The van der Waals surface area contributed by atoms with Crippen LogP contribution in [0.3, 0.4) is 0 Å². The summed E-state index contributed by atoms with van der Waals surface area (Å²) in [4.78, 5) is 15.9. The average Bonchev–Trinajstić information content (AvgIpc) is 2.93. The highest BCUT2D eigenvalue weighted by Crippen LogP contribution is 2.30. The fourth-order valence-corrected chi connectivity index (χ4v) is 3.32. The molecule has 2 N–H and O–H groups in total. The van der Waals surface area contributed by atoms with Gasteiger partial charge in [-0.1, -0.05) is 0 Å². The first-order chi connectivity index (χ1) is 11.9. The monoisotopic (exact) mass is 333 g/mol. The summed E-state index contributed by atoms with van der Waals surface area (Å²) in [7, 11) is 0. The van der Waals surface area contributed by atoms with E-state index in [1.807, 2.05) is 38.1 Å². The second-order valence-corrected chi connectivity index (χ2v) is 6.64. The van der Waals surface area contributed by atoms with E-state index in [4.69, 9.17) is 4.42 Å². The van der Waals surface area contributed by atoms with Crippen molar-refractivity contribution in [3.63, 3.8) is 0 Å². The van der Waals surface area contributed by atoms with Crippen molar-refractivity contribution in [1.82, 2.24) is 4.98 Å². The fraction of sp³-hybridized carbons (Fsp3) is 0.190. The molecule has 1 atom stereocenters. The maximum atomic E-state index is 12.6. The molecule has 2 aromatic carbocycles. The Kier molecular flexibility index (Phi) is 3.51. The van der Waals surface area contributed by atoms with Crippen molar-refractivity contribution in [3.05, 3.63) is 69.5 Å². The van der Waals surface area contributed by atoms with Gasteiger partial charge in [0.05, 0.1) is 11.5 Å². The van der Waals surface area contributed by atoms with Crippen LogP contribution in [0.25, 0.3) is 33.2 Å². The normalized spacial score (nSPS) is 12.8. The highest BCUT2D eigenvalue weighted by Gasteiger charge is 2.15. The molecule has 0 spiro atoms. The second-order valence-electron chi connectivity index (χ2n) is 6.64. The van der Waals surface area contributed by atoms with Crippen LogP contribution in [-0.2, 0) is 0 Å². The van der Waals surface area contributed by atoms with E-state index in [0.717, 1.165) is 27.7 Å². The lowest BCUT2D eigenvalue weighted by Crippen LogP contribution is -2.04. The predicted octanol–water partition coefficient (Wildman–Crippen LogP) is 4.61. The lowest BCUT2D eigenvalue weighted by atomic mass is 10.0. The quantitative estimate of drug-likeness (QED) is 0.563. The minimum Gasteiger partial charge on any atom is -0.455 e. The molecule has 1 unspecified atom stereocenters. The first kappa shape index (κ1) is 15.7. The molecule has 4 heteroatoms. The maximum absolute atomic E-state index is 12.6. The summed E-state index contributed by atoms with van der Waals surface area (Å²) in [5, 5.41) is 11.6. The van der Waals surface area contributed by atoms with Crippen molar-refractivity contribution in [2.24, 2.45) is 0 Å². The van der Waals surface area contributed by atoms with Gasteiger partial charge in [0.1, 0.15) is 11.3 Å². The highest BCUT2D eigenvalue weighted by molar-refractivity contribution is 5.87. The van der Waals surface area contributed by atoms with E-state index in [-0.39, 0.29) is 5.43 Å². The number of hydrogen-bond donors (Lipinski definition) is 2. The number of H-pyrrole nitrogens is 1. The SMILES string of the molecule is Cc1cc(C(C)O)c2oc(-c3ccc4[nH]c(C)cc4c3)cc(=O)c2c1. The van der Waals surface area contributed by atoms with E-state index >= 15 is 0 Å². The van der Waals surface area contributed by atoms with Crippen LogP contribution in [0.5, 0.6) is 0 Å². The third-order valence-corrected chi connectivity index (χ3v) is 4.49. The van der Waals surface area contributed by atoms with Gasteiger partial charge in [-0.05, 0) is 62.7 Å². The Morgan fingerprint density at radius 2 is 1.88 bits per heavy atom. The maximum Gasteiger partial charge on any atom is 0.193 e. The molecular formula is C21H19NO3. The summed E-state index contributed by atoms with van der Waals surface area (Å²) in [5.74, 6) is 0.504. The zero-order valence-corrected chi connectivity index (χ0v) is 14.4. The van der Waals surface area contributed by atoms with Gasteiger partial charge in [-0.25, -0.2) is 0 Å². The number of rotatable bonds is 2. The van der Waals surface area contributed by atoms with E-state index in [0.29, 0.717) is 22.3 Å². The average molecular weight is 333 g/mol. The number of aromatic amines is 1. The molecule has 25 heavy (non-hydrogen) atoms. The fourth-order valence-electron chi connectivity index (χ4n) is 3.32. The molecule has 0 amide bonds. The first-order valence-corrected chi connectivity index (χ1v) is 8.28. The second kappa shape index (κ2) is 5.60. The molecule has 2 aromatic heterocycles. The van der Waals surface area contributed by atoms with E-state index in [1.165, 1.54) is 6.07 Å². The molecule has 4 nitrogen and oxygen atoms in total. The van der Waals surface area contributed by atoms with E-state index < -0.39 is 6.10 Å². The van der Waals surface area contributed by atoms with Crippen molar-refractivity contribution in [1.29, 1.82) is 0 Å². The number of fused-ring (bicyclic) bond motifs is 2. The van der Waals surface area contributed by atoms with Crippen LogP contribution >= 0.6 is 0 Å². The number of aliphatic hydroxyl groups excluding tert-OH is 1. The van der Waals surface area contributed by atoms with Gasteiger partial charge in [-0.3, -0.25) is 4.79 Å². The van der Waals surface area contributed by atoms with Crippen LogP contribution in [0.2, 0.25) is 0 Å². The topological polar surface area (TPSA) is 66.2 Å². The Morgan fingerprint density at radius 1 is 1.08 bits per heavy atom. The van der Waals surface area contributed by atoms with Crippen LogP contribution in [-0.4, -0.2) is 10.1 Å². The molecule has 4 rings (SSSR count). The zero-order chi connectivity index (χ0) is 17.7. The molecule has 0 fully saturated rings. The van der Waals surface area contributed by atoms with Crippen LogP contribution < -0.4 is 5.43 Å². The van der Waals surface area contributed by atoms with E-state index in [9.17, 15) is 9.90 Å². The number of nitrogens with one attached hydrogen (secondary N) is 1. The van der Waals surface area contributed by atoms with Gasteiger partial charge < -0.3 is 14.5 Å². The van der Waals surface area contributed by atoms with Crippen LogP contribution in [0, 0.1) is 13.8 Å². The molecule has 0 aliphatic heterocycles. The van der Waals surface area contributed by atoms with E-state index in [2.05, 4.69) is 11.1 Å². The Balaban J connectivity index is 1.99. The number of aliphatic hydroxyl groups is 1. The largest absolute Gasteiger partial charge is 0.455 e. The Hall–Kier alpha value is -2.85. The van der Waals surface area contributed by atoms with Crippen molar-refractivity contribution in [2.45, 2.75) is 26.9 Å². The first-order valence-electron chi connectivity index (χ1n) is 8.28. The van der Waals surface area contributed by atoms with Crippen molar-refractivity contribution >= 4 is 21.9 Å². The lowest BCUT2D eigenvalue weighted by molar-refractivity contribution is 0.199. The van der Waals surface area contributed by atoms with Gasteiger partial charge in [0, 0.05) is 33.8 Å². The zero-order valence-electron chi connectivity index (χ0n) is 14.4. The number of aromatic nitrogens is 1. The Labute approximate surface area is 144 Å². The predicted molar refractivity (Wildman–Crippen MR) is 99.9 cm³/mol. The summed E-state index contributed by atoms with van der Waals surface area (Å²) in [6.45, 7) is 5.59. The van der Waals surface area contributed by atoms with Gasteiger partial charge in [0.2, 0.25) is 0 Å². The van der Waals surface area contributed by atoms with E-state index in [1.54, 1.807) is 13.0 Å². The van der Waals surface area contributed by atoms with Gasteiger partial charge in [-0.2, -0.15) is 0 Å². The minimum atomic E-state index is -0.712. The molecule has 0 saturated heterocycles. The molecule has 126 valence electrons. The van der Waals surface area contributed by atoms with Gasteiger partial charge in [0.25, 0.3) is 0 Å². The lowest BCUT2D eigenvalue weighted by Gasteiger charge is -2.11. The summed E-state index contributed by atoms with van der Waals surface area (Å²) in [6, 6.07) is 13.1. The molecular weight excluding hydrogens is 314 g/mol. The third-order valence-electron chi connectivity index (χ3n) is 4.49. The van der Waals surface area contributed by atoms with Crippen molar-refractivity contribution in [3.8, 4) is 11.3 Å². The molecule has 0 radical (unpaired) electrons. The van der Waals surface area contributed by atoms with Gasteiger partial charge >= 0.3 is 0 Å². The molecule has 0 aliphatic rings. The van der Waals surface area contributed by atoms with Crippen LogP contribution in [0.4, 0.5) is 0 Å². The highest BCUT2D eigenvalue weighted by atomic mass is 16.3. The van der Waals surface area contributed by atoms with Crippen LogP contribution in [0.15, 0.2) is 51.7 Å². The summed E-state index contributed by atoms with van der Waals surface area (Å²) < 4.78 is 6.06. The number of benzene rings is 2. The van der Waals surface area contributed by atoms with Crippen molar-refractivity contribution < 1.29 is 9.52 Å². The minimum absolute atomic E-state index is 0.104. The Morgan fingerprint density at radius 3 is 2.64 bits per heavy atom. The number of aryl methyl sites for hydroxylation is 2. The van der Waals surface area contributed by atoms with Gasteiger partial charge in [0.15, 0.2) is 5.43 Å². The molecule has 4 aromatic rings.